The van der Waals surface area contributed by atoms with Crippen LogP contribution in [0.3, 0.4) is 0 Å². The average Bonchev–Trinajstić information content (AvgIpc) is 2.75. The summed E-state index contributed by atoms with van der Waals surface area (Å²) in [6, 6.07) is 5.81. The van der Waals surface area contributed by atoms with Crippen molar-refractivity contribution in [3.05, 3.63) is 29.3 Å². The summed E-state index contributed by atoms with van der Waals surface area (Å²) in [6.45, 7) is 3.41. The summed E-state index contributed by atoms with van der Waals surface area (Å²) in [7, 11) is 1.63. The number of amides is 1. The van der Waals surface area contributed by atoms with Gasteiger partial charge in [0.15, 0.2) is 0 Å². The zero-order chi connectivity index (χ0) is 12.3. The molecule has 1 atom stereocenters. The van der Waals surface area contributed by atoms with Crippen molar-refractivity contribution in [1.29, 1.82) is 0 Å². The number of carbonyl (C=O) groups is 1. The van der Waals surface area contributed by atoms with Gasteiger partial charge in [-0.1, -0.05) is 0 Å². The first-order chi connectivity index (χ1) is 8.20. The summed E-state index contributed by atoms with van der Waals surface area (Å²) in [5.74, 6) is -0.0377. The minimum Gasteiger partial charge on any atom is -0.384 e. The van der Waals surface area contributed by atoms with Crippen molar-refractivity contribution in [2.24, 2.45) is 0 Å². The number of nitrogens with one attached hydrogen (secondary N) is 2. The second-order valence-electron chi connectivity index (χ2n) is 4.38. The van der Waals surface area contributed by atoms with Gasteiger partial charge < -0.3 is 15.4 Å². The summed E-state index contributed by atoms with van der Waals surface area (Å²) in [5.41, 5.74) is 3.08. The van der Waals surface area contributed by atoms with Gasteiger partial charge >= 0.3 is 0 Å². The highest BCUT2D eigenvalue weighted by Crippen LogP contribution is 2.22. The van der Waals surface area contributed by atoms with Gasteiger partial charge in [0, 0.05) is 30.9 Å². The van der Waals surface area contributed by atoms with Gasteiger partial charge in [-0.05, 0) is 37.1 Å². The van der Waals surface area contributed by atoms with Gasteiger partial charge in [-0.25, -0.2) is 0 Å². The normalized spacial score (nSPS) is 14.9. The number of methoxy groups -OCH3 is 1. The van der Waals surface area contributed by atoms with Crippen LogP contribution >= 0.6 is 0 Å². The molecule has 1 unspecified atom stereocenters. The lowest BCUT2D eigenvalue weighted by atomic mass is 10.1. The van der Waals surface area contributed by atoms with Crippen LogP contribution in [0.2, 0.25) is 0 Å². The molecule has 0 fully saturated rings. The third-order valence-electron chi connectivity index (χ3n) is 2.87. The van der Waals surface area contributed by atoms with Crippen LogP contribution in [-0.4, -0.2) is 32.2 Å². The van der Waals surface area contributed by atoms with E-state index in [1.807, 2.05) is 25.1 Å². The maximum Gasteiger partial charge on any atom is 0.251 e. The van der Waals surface area contributed by atoms with E-state index in [2.05, 4.69) is 10.6 Å². The molecule has 4 heteroatoms. The molecule has 1 aromatic carbocycles. The Morgan fingerprint density at radius 1 is 1.59 bits per heavy atom. The van der Waals surface area contributed by atoms with Gasteiger partial charge in [0.2, 0.25) is 0 Å². The summed E-state index contributed by atoms with van der Waals surface area (Å²) in [6.07, 6.45) is 0.990. The van der Waals surface area contributed by atoms with Crippen molar-refractivity contribution in [3.8, 4) is 0 Å². The molecule has 0 saturated heterocycles. The third-order valence-corrected chi connectivity index (χ3v) is 2.87. The Hall–Kier alpha value is -1.55. The van der Waals surface area contributed by atoms with Gasteiger partial charge in [0.1, 0.15) is 0 Å². The van der Waals surface area contributed by atoms with E-state index in [4.69, 9.17) is 4.74 Å². The molecular weight excluding hydrogens is 216 g/mol. The molecule has 92 valence electrons. The van der Waals surface area contributed by atoms with E-state index in [9.17, 15) is 4.79 Å². The Kier molecular flexibility index (Phi) is 3.64. The van der Waals surface area contributed by atoms with Crippen molar-refractivity contribution >= 4 is 11.6 Å². The van der Waals surface area contributed by atoms with Crippen LogP contribution < -0.4 is 10.6 Å². The second kappa shape index (κ2) is 5.19. The van der Waals surface area contributed by atoms with Crippen LogP contribution in [0.25, 0.3) is 0 Å². The van der Waals surface area contributed by atoms with E-state index in [0.29, 0.717) is 6.61 Å². The molecule has 1 heterocycles. The molecule has 1 aliphatic rings. The molecule has 2 rings (SSSR count). The summed E-state index contributed by atoms with van der Waals surface area (Å²) >= 11 is 0. The monoisotopic (exact) mass is 234 g/mol. The van der Waals surface area contributed by atoms with Gasteiger partial charge in [-0.15, -0.1) is 0 Å². The average molecular weight is 234 g/mol. The Bertz CT molecular complexity index is 418. The van der Waals surface area contributed by atoms with Crippen molar-refractivity contribution in [1.82, 2.24) is 5.32 Å². The fraction of sp³-hybridized carbons (Fsp3) is 0.462. The lowest BCUT2D eigenvalue weighted by Gasteiger charge is -2.13. The van der Waals surface area contributed by atoms with E-state index in [1.54, 1.807) is 7.11 Å². The fourth-order valence-electron chi connectivity index (χ4n) is 2.04. The number of carbonyl (C=O) groups excluding carboxylic acids is 1. The molecule has 1 amide bonds. The number of anilines is 1. The molecule has 17 heavy (non-hydrogen) atoms. The standard InChI is InChI=1S/C13H18N2O2/c1-9(8-17-2)15-13(16)11-3-4-12-10(7-11)5-6-14-12/h3-4,7,9,14H,5-6,8H2,1-2H3,(H,15,16). The molecule has 4 nitrogen and oxygen atoms in total. The van der Waals surface area contributed by atoms with Gasteiger partial charge in [-0.3, -0.25) is 4.79 Å². The molecule has 0 spiro atoms. The Morgan fingerprint density at radius 2 is 2.41 bits per heavy atom. The summed E-state index contributed by atoms with van der Waals surface area (Å²) in [4.78, 5) is 11.9. The SMILES string of the molecule is COCC(C)NC(=O)c1ccc2c(c1)CCN2. The van der Waals surface area contributed by atoms with Crippen LogP contribution in [0.15, 0.2) is 18.2 Å². The van der Waals surface area contributed by atoms with E-state index in [-0.39, 0.29) is 11.9 Å². The maximum absolute atomic E-state index is 11.9. The Balaban J connectivity index is 2.04. The van der Waals surface area contributed by atoms with E-state index < -0.39 is 0 Å². The highest BCUT2D eigenvalue weighted by atomic mass is 16.5. The number of ether oxygens (including phenoxy) is 1. The molecule has 0 saturated carbocycles. The minimum absolute atomic E-state index is 0.0267. The fourth-order valence-corrected chi connectivity index (χ4v) is 2.04. The predicted octanol–water partition coefficient (Wildman–Crippen LogP) is 1.42. The van der Waals surface area contributed by atoms with Crippen molar-refractivity contribution in [2.45, 2.75) is 19.4 Å². The third kappa shape index (κ3) is 2.77. The van der Waals surface area contributed by atoms with Gasteiger partial charge in [-0.2, -0.15) is 0 Å². The number of hydrogen-bond acceptors (Lipinski definition) is 3. The number of fused-ring (bicyclic) bond motifs is 1. The number of rotatable bonds is 4. The zero-order valence-corrected chi connectivity index (χ0v) is 10.2. The van der Waals surface area contributed by atoms with Gasteiger partial charge in [0.05, 0.1) is 6.61 Å². The molecule has 2 N–H and O–H groups in total. The first-order valence-corrected chi connectivity index (χ1v) is 5.87. The maximum atomic E-state index is 11.9. The summed E-state index contributed by atoms with van der Waals surface area (Å²) in [5, 5.41) is 6.18. The van der Waals surface area contributed by atoms with Crippen LogP contribution in [0.5, 0.6) is 0 Å². The van der Waals surface area contributed by atoms with Gasteiger partial charge in [0.25, 0.3) is 5.91 Å². The summed E-state index contributed by atoms with van der Waals surface area (Å²) < 4.78 is 4.99. The molecule has 1 aliphatic heterocycles. The molecule has 0 aromatic heterocycles. The second-order valence-corrected chi connectivity index (χ2v) is 4.38. The molecule has 1 aromatic rings. The van der Waals surface area contributed by atoms with Crippen LogP contribution in [-0.2, 0) is 11.2 Å². The minimum atomic E-state index is -0.0377. The molecular formula is C13H18N2O2. The van der Waals surface area contributed by atoms with E-state index in [0.717, 1.165) is 24.2 Å². The van der Waals surface area contributed by atoms with E-state index >= 15 is 0 Å². The largest absolute Gasteiger partial charge is 0.384 e. The Labute approximate surface area is 101 Å². The Morgan fingerprint density at radius 3 is 3.18 bits per heavy atom. The van der Waals surface area contributed by atoms with Crippen molar-refractivity contribution < 1.29 is 9.53 Å². The van der Waals surface area contributed by atoms with Crippen LogP contribution in [0, 0.1) is 0 Å². The quantitative estimate of drug-likeness (QED) is 0.828. The van der Waals surface area contributed by atoms with E-state index in [1.165, 1.54) is 5.56 Å². The van der Waals surface area contributed by atoms with Crippen molar-refractivity contribution in [2.75, 3.05) is 25.6 Å². The molecule has 0 radical (unpaired) electrons. The molecule has 0 aliphatic carbocycles. The van der Waals surface area contributed by atoms with Crippen LogP contribution in [0.1, 0.15) is 22.8 Å². The highest BCUT2D eigenvalue weighted by molar-refractivity contribution is 5.95. The number of hydrogen-bond donors (Lipinski definition) is 2. The predicted molar refractivity (Wildman–Crippen MR) is 67.4 cm³/mol. The number of benzene rings is 1. The topological polar surface area (TPSA) is 50.4 Å². The zero-order valence-electron chi connectivity index (χ0n) is 10.2. The smallest absolute Gasteiger partial charge is 0.251 e. The lowest BCUT2D eigenvalue weighted by Crippen LogP contribution is -2.35. The highest BCUT2D eigenvalue weighted by Gasteiger charge is 2.14. The first-order valence-electron chi connectivity index (χ1n) is 5.87. The lowest BCUT2D eigenvalue weighted by molar-refractivity contribution is 0.0905. The van der Waals surface area contributed by atoms with Crippen LogP contribution in [0.4, 0.5) is 5.69 Å². The molecule has 0 bridgehead atoms. The first kappa shape index (κ1) is 11.9. The van der Waals surface area contributed by atoms with Crippen molar-refractivity contribution in [3.63, 3.8) is 0 Å².